The fourth-order valence-electron chi connectivity index (χ4n) is 0.916. The van der Waals surface area contributed by atoms with Crippen LogP contribution in [0.25, 0.3) is 0 Å². The van der Waals surface area contributed by atoms with Gasteiger partial charge in [-0.3, -0.25) is 0 Å². The van der Waals surface area contributed by atoms with Crippen LogP contribution in [0.4, 0.5) is 0 Å². The maximum absolute atomic E-state index is 4.37. The highest BCUT2D eigenvalue weighted by atomic mass is 32.1. The Morgan fingerprint density at radius 3 is 2.00 bits per heavy atom. The average molecular weight is 234 g/mol. The molecule has 0 fully saturated rings. The van der Waals surface area contributed by atoms with Gasteiger partial charge in [-0.1, -0.05) is 0 Å². The molecule has 0 aliphatic carbocycles. The number of thiol groups is 4. The van der Waals surface area contributed by atoms with Gasteiger partial charge in [0.05, 0.1) is 0 Å². The second kappa shape index (κ2) is 4.74. The Morgan fingerprint density at radius 2 is 1.58 bits per heavy atom. The highest BCUT2D eigenvalue weighted by Crippen LogP contribution is 2.26. The molecule has 66 valence electrons. The second-order valence-electron chi connectivity index (χ2n) is 2.48. The summed E-state index contributed by atoms with van der Waals surface area (Å²) in [5, 5.41) is 0.159. The highest BCUT2D eigenvalue weighted by Gasteiger charge is 2.04. The van der Waals surface area contributed by atoms with Crippen molar-refractivity contribution in [2.45, 2.75) is 15.0 Å². The van der Waals surface area contributed by atoms with Gasteiger partial charge in [0.25, 0.3) is 0 Å². The van der Waals surface area contributed by atoms with Crippen LogP contribution >= 0.6 is 50.5 Å². The SMILES string of the molecule is SCC(S)c1cc(S)cc(S)c1. The third-order valence-corrected chi connectivity index (χ3v) is 3.13. The van der Waals surface area contributed by atoms with Crippen molar-refractivity contribution >= 4 is 50.5 Å². The minimum absolute atomic E-state index is 0.159. The third-order valence-electron chi connectivity index (χ3n) is 1.48. The van der Waals surface area contributed by atoms with Crippen LogP contribution in [0.2, 0.25) is 0 Å². The van der Waals surface area contributed by atoms with Gasteiger partial charge in [0, 0.05) is 20.8 Å². The Balaban J connectivity index is 3.00. The van der Waals surface area contributed by atoms with E-state index in [1.807, 2.05) is 18.2 Å². The van der Waals surface area contributed by atoms with Gasteiger partial charge >= 0.3 is 0 Å². The fourth-order valence-corrected chi connectivity index (χ4v) is 1.95. The molecule has 0 N–H and O–H groups in total. The van der Waals surface area contributed by atoms with Crippen LogP contribution in [-0.4, -0.2) is 5.75 Å². The zero-order valence-electron chi connectivity index (χ0n) is 6.31. The molecular weight excluding hydrogens is 224 g/mol. The molecule has 0 saturated heterocycles. The lowest BCUT2D eigenvalue weighted by Gasteiger charge is -2.08. The summed E-state index contributed by atoms with van der Waals surface area (Å²) in [5.74, 6) is 0.716. The first-order valence-electron chi connectivity index (χ1n) is 3.45. The van der Waals surface area contributed by atoms with Crippen LogP contribution in [0.5, 0.6) is 0 Å². The minimum atomic E-state index is 0.159. The van der Waals surface area contributed by atoms with Gasteiger partial charge in [-0.15, -0.1) is 25.3 Å². The van der Waals surface area contributed by atoms with Crippen LogP contribution in [-0.2, 0) is 0 Å². The summed E-state index contributed by atoms with van der Waals surface area (Å²) in [6, 6.07) is 5.86. The van der Waals surface area contributed by atoms with E-state index in [1.165, 1.54) is 0 Å². The first-order chi connectivity index (χ1) is 5.63. The number of hydrogen-bond acceptors (Lipinski definition) is 4. The Labute approximate surface area is 94.8 Å². The van der Waals surface area contributed by atoms with Gasteiger partial charge < -0.3 is 0 Å². The van der Waals surface area contributed by atoms with Gasteiger partial charge in [0.2, 0.25) is 0 Å². The van der Waals surface area contributed by atoms with Crippen molar-refractivity contribution < 1.29 is 0 Å². The van der Waals surface area contributed by atoms with Crippen molar-refractivity contribution in [3.05, 3.63) is 23.8 Å². The summed E-state index contributed by atoms with van der Waals surface area (Å²) in [5.41, 5.74) is 1.12. The smallest absolute Gasteiger partial charge is 0.0355 e. The van der Waals surface area contributed by atoms with E-state index in [0.29, 0.717) is 5.75 Å². The van der Waals surface area contributed by atoms with Crippen LogP contribution < -0.4 is 0 Å². The van der Waals surface area contributed by atoms with E-state index in [-0.39, 0.29) is 5.25 Å². The molecule has 4 heteroatoms. The zero-order chi connectivity index (χ0) is 9.14. The quantitative estimate of drug-likeness (QED) is 0.555. The fraction of sp³-hybridized carbons (Fsp3) is 0.250. The molecule has 0 heterocycles. The van der Waals surface area contributed by atoms with Crippen molar-refractivity contribution in [1.29, 1.82) is 0 Å². The van der Waals surface area contributed by atoms with E-state index in [1.54, 1.807) is 0 Å². The van der Waals surface area contributed by atoms with E-state index in [9.17, 15) is 0 Å². The van der Waals surface area contributed by atoms with E-state index in [0.717, 1.165) is 15.4 Å². The minimum Gasteiger partial charge on any atom is -0.178 e. The summed E-state index contributed by atoms with van der Waals surface area (Å²) in [7, 11) is 0. The number of rotatable bonds is 2. The van der Waals surface area contributed by atoms with Crippen LogP contribution in [0, 0.1) is 0 Å². The lowest BCUT2D eigenvalue weighted by Crippen LogP contribution is -1.91. The molecule has 1 atom stereocenters. The average Bonchev–Trinajstić information content (AvgIpc) is 2.01. The van der Waals surface area contributed by atoms with Gasteiger partial charge in [-0.25, -0.2) is 0 Å². The lowest BCUT2D eigenvalue weighted by atomic mass is 10.2. The monoisotopic (exact) mass is 234 g/mol. The molecule has 1 rings (SSSR count). The maximum Gasteiger partial charge on any atom is 0.0355 e. The molecule has 1 aromatic carbocycles. The highest BCUT2D eigenvalue weighted by molar-refractivity contribution is 7.84. The molecule has 0 radical (unpaired) electrons. The first-order valence-corrected chi connectivity index (χ1v) is 5.49. The first kappa shape index (κ1) is 10.7. The van der Waals surface area contributed by atoms with Gasteiger partial charge in [0.1, 0.15) is 0 Å². The summed E-state index contributed by atoms with van der Waals surface area (Å²) >= 11 is 17.0. The molecule has 0 amide bonds. The predicted molar refractivity (Wildman–Crippen MR) is 66.5 cm³/mol. The lowest BCUT2D eigenvalue weighted by molar-refractivity contribution is 1.10. The summed E-state index contributed by atoms with van der Waals surface area (Å²) in [4.78, 5) is 1.83. The van der Waals surface area contributed by atoms with E-state index in [4.69, 9.17) is 0 Å². The second-order valence-corrected chi connectivity index (χ2v) is 4.50. The Bertz CT molecular complexity index is 252. The van der Waals surface area contributed by atoms with Crippen LogP contribution in [0.1, 0.15) is 10.8 Å². The van der Waals surface area contributed by atoms with Gasteiger partial charge in [-0.05, 0) is 23.8 Å². The number of hydrogen-bond donors (Lipinski definition) is 4. The normalized spacial score (nSPS) is 13.0. The molecule has 0 nitrogen and oxygen atoms in total. The molecule has 0 aliphatic heterocycles. The molecule has 0 aliphatic rings. The van der Waals surface area contributed by atoms with Crippen molar-refractivity contribution in [2.24, 2.45) is 0 Å². The molecule has 1 unspecified atom stereocenters. The van der Waals surface area contributed by atoms with Crippen molar-refractivity contribution in [3.63, 3.8) is 0 Å². The maximum atomic E-state index is 4.37. The topological polar surface area (TPSA) is 0 Å². The summed E-state index contributed by atoms with van der Waals surface area (Å²) in [6.45, 7) is 0. The summed E-state index contributed by atoms with van der Waals surface area (Å²) < 4.78 is 0. The van der Waals surface area contributed by atoms with Gasteiger partial charge in [0.15, 0.2) is 0 Å². The van der Waals surface area contributed by atoms with E-state index < -0.39 is 0 Å². The third kappa shape index (κ3) is 2.83. The van der Waals surface area contributed by atoms with Crippen molar-refractivity contribution in [2.75, 3.05) is 5.75 Å². The molecular formula is C8H10S4. The zero-order valence-corrected chi connectivity index (χ0v) is 9.88. The van der Waals surface area contributed by atoms with Crippen molar-refractivity contribution in [3.8, 4) is 0 Å². The van der Waals surface area contributed by atoms with E-state index in [2.05, 4.69) is 50.5 Å². The van der Waals surface area contributed by atoms with E-state index >= 15 is 0 Å². The van der Waals surface area contributed by atoms with Crippen LogP contribution in [0.15, 0.2) is 28.0 Å². The van der Waals surface area contributed by atoms with Gasteiger partial charge in [-0.2, -0.15) is 25.3 Å². The Hall–Kier alpha value is 0.620. The predicted octanol–water partition coefficient (Wildman–Crippen LogP) is 3.16. The molecule has 0 aromatic heterocycles. The molecule has 1 aromatic rings. The van der Waals surface area contributed by atoms with Crippen molar-refractivity contribution in [1.82, 2.24) is 0 Å². The molecule has 0 saturated carbocycles. The standard InChI is InChI=1S/C8H10S4/c9-4-8(12)5-1-6(10)3-7(11)2-5/h1-3,8-12H,4H2. The van der Waals surface area contributed by atoms with Crippen LogP contribution in [0.3, 0.4) is 0 Å². The number of benzene rings is 1. The summed E-state index contributed by atoms with van der Waals surface area (Å²) in [6.07, 6.45) is 0. The molecule has 12 heavy (non-hydrogen) atoms. The largest absolute Gasteiger partial charge is 0.178 e. The Kier molecular flexibility index (Phi) is 4.23. The molecule has 0 bridgehead atoms. The molecule has 0 spiro atoms. The Morgan fingerprint density at radius 1 is 1.08 bits per heavy atom.